The van der Waals surface area contributed by atoms with Gasteiger partial charge in [-0.05, 0) is 6.07 Å². The molecule has 0 spiro atoms. The predicted molar refractivity (Wildman–Crippen MR) is 70.4 cm³/mol. The average molecular weight is 303 g/mol. The lowest BCUT2D eigenvalue weighted by atomic mass is 10.1. The summed E-state index contributed by atoms with van der Waals surface area (Å²) in [5.74, 6) is -2.17. The number of nitrogens with zero attached hydrogens (tertiary/aromatic N) is 1. The lowest BCUT2D eigenvalue weighted by Gasteiger charge is -2.03. The second kappa shape index (κ2) is 6.08. The lowest BCUT2D eigenvalue weighted by molar-refractivity contribution is -0.115. The number of thiazole rings is 1. The highest BCUT2D eigenvalue weighted by Gasteiger charge is 2.12. The van der Waals surface area contributed by atoms with Gasteiger partial charge in [0.05, 0.1) is 18.0 Å². The monoisotopic (exact) mass is 302 g/mol. The average Bonchev–Trinajstić information content (AvgIpc) is 2.82. The quantitative estimate of drug-likeness (QED) is 0.880. The molecule has 7 heteroatoms. The molecule has 2 aromatic rings. The first kappa shape index (κ1) is 13.9. The molecule has 1 heterocycles. The van der Waals surface area contributed by atoms with Crippen molar-refractivity contribution in [2.75, 3.05) is 5.32 Å². The molecule has 0 saturated heterocycles. The maximum atomic E-state index is 13.4. The minimum absolute atomic E-state index is 0.00613. The van der Waals surface area contributed by atoms with E-state index in [9.17, 15) is 13.6 Å². The van der Waals surface area contributed by atoms with Gasteiger partial charge in [-0.3, -0.25) is 4.79 Å². The van der Waals surface area contributed by atoms with Gasteiger partial charge < -0.3 is 5.32 Å². The SMILES string of the molecule is O=C(Cc1cccc(F)c1F)Nc1nc(CCl)cs1. The van der Waals surface area contributed by atoms with E-state index in [0.717, 1.165) is 6.07 Å². The van der Waals surface area contributed by atoms with E-state index in [0.29, 0.717) is 10.8 Å². The number of anilines is 1. The minimum Gasteiger partial charge on any atom is -0.302 e. The van der Waals surface area contributed by atoms with Crippen LogP contribution in [0.3, 0.4) is 0 Å². The smallest absolute Gasteiger partial charge is 0.230 e. The van der Waals surface area contributed by atoms with E-state index in [2.05, 4.69) is 10.3 Å². The van der Waals surface area contributed by atoms with Crippen molar-refractivity contribution >= 4 is 34.0 Å². The van der Waals surface area contributed by atoms with Crippen LogP contribution in [-0.2, 0) is 17.1 Å². The fourth-order valence-electron chi connectivity index (χ4n) is 1.45. The van der Waals surface area contributed by atoms with E-state index < -0.39 is 17.5 Å². The first-order valence-electron chi connectivity index (χ1n) is 5.33. The highest BCUT2D eigenvalue weighted by atomic mass is 35.5. The van der Waals surface area contributed by atoms with Crippen LogP contribution in [0, 0.1) is 11.6 Å². The second-order valence-corrected chi connectivity index (χ2v) is 4.84. The number of carbonyl (C=O) groups excluding carboxylic acids is 1. The van der Waals surface area contributed by atoms with Crippen LogP contribution >= 0.6 is 22.9 Å². The van der Waals surface area contributed by atoms with Crippen molar-refractivity contribution in [3.05, 3.63) is 46.5 Å². The number of benzene rings is 1. The van der Waals surface area contributed by atoms with Crippen molar-refractivity contribution in [2.45, 2.75) is 12.3 Å². The topological polar surface area (TPSA) is 42.0 Å². The van der Waals surface area contributed by atoms with Crippen molar-refractivity contribution in [3.63, 3.8) is 0 Å². The van der Waals surface area contributed by atoms with Gasteiger partial charge in [0.25, 0.3) is 0 Å². The zero-order chi connectivity index (χ0) is 13.8. The van der Waals surface area contributed by atoms with Gasteiger partial charge >= 0.3 is 0 Å². The molecule has 1 aromatic heterocycles. The number of hydrogen-bond donors (Lipinski definition) is 1. The van der Waals surface area contributed by atoms with Crippen molar-refractivity contribution in [3.8, 4) is 0 Å². The number of halogens is 3. The van der Waals surface area contributed by atoms with Crippen LogP contribution in [0.1, 0.15) is 11.3 Å². The summed E-state index contributed by atoms with van der Waals surface area (Å²) in [6.07, 6.45) is -0.251. The van der Waals surface area contributed by atoms with Crippen LogP contribution < -0.4 is 5.32 Å². The van der Waals surface area contributed by atoms with Crippen LogP contribution in [0.15, 0.2) is 23.6 Å². The Kier molecular flexibility index (Phi) is 4.44. The number of carbonyl (C=O) groups is 1. The van der Waals surface area contributed by atoms with E-state index in [1.54, 1.807) is 5.38 Å². The van der Waals surface area contributed by atoms with Gasteiger partial charge in [-0.2, -0.15) is 0 Å². The first-order valence-corrected chi connectivity index (χ1v) is 6.74. The number of amides is 1. The molecular formula is C12H9ClF2N2OS. The van der Waals surface area contributed by atoms with E-state index in [1.807, 2.05) is 0 Å². The van der Waals surface area contributed by atoms with Crippen LogP contribution in [-0.4, -0.2) is 10.9 Å². The fourth-order valence-corrected chi connectivity index (χ4v) is 2.40. The van der Waals surface area contributed by atoms with Crippen molar-refractivity contribution in [1.29, 1.82) is 0 Å². The van der Waals surface area contributed by atoms with Crippen LogP contribution in [0.25, 0.3) is 0 Å². The molecule has 0 aliphatic rings. The summed E-state index contributed by atoms with van der Waals surface area (Å²) in [4.78, 5) is 15.7. The maximum absolute atomic E-state index is 13.4. The fraction of sp³-hybridized carbons (Fsp3) is 0.167. The Morgan fingerprint density at radius 1 is 1.42 bits per heavy atom. The Morgan fingerprint density at radius 2 is 2.21 bits per heavy atom. The van der Waals surface area contributed by atoms with Gasteiger partial charge in [-0.1, -0.05) is 12.1 Å². The van der Waals surface area contributed by atoms with Gasteiger partial charge in [-0.25, -0.2) is 13.8 Å². The summed E-state index contributed by atoms with van der Waals surface area (Å²) < 4.78 is 26.3. The summed E-state index contributed by atoms with van der Waals surface area (Å²) in [5, 5.41) is 4.61. The molecule has 1 N–H and O–H groups in total. The molecule has 0 unspecified atom stereocenters. The Bertz CT molecular complexity index is 603. The van der Waals surface area contributed by atoms with E-state index in [4.69, 9.17) is 11.6 Å². The van der Waals surface area contributed by atoms with Gasteiger partial charge in [0.1, 0.15) is 0 Å². The lowest BCUT2D eigenvalue weighted by Crippen LogP contribution is -2.15. The molecule has 0 radical (unpaired) electrons. The van der Waals surface area contributed by atoms with Crippen molar-refractivity contribution in [1.82, 2.24) is 4.98 Å². The molecule has 3 nitrogen and oxygen atoms in total. The molecule has 0 atom stereocenters. The van der Waals surface area contributed by atoms with Gasteiger partial charge in [-0.15, -0.1) is 22.9 Å². The number of alkyl halides is 1. The van der Waals surface area contributed by atoms with E-state index in [-0.39, 0.29) is 17.9 Å². The molecule has 19 heavy (non-hydrogen) atoms. The zero-order valence-electron chi connectivity index (χ0n) is 9.62. The van der Waals surface area contributed by atoms with Gasteiger partial charge in [0.15, 0.2) is 16.8 Å². The third kappa shape index (κ3) is 3.48. The maximum Gasteiger partial charge on any atom is 0.230 e. The molecule has 0 aliphatic carbocycles. The first-order chi connectivity index (χ1) is 9.10. The zero-order valence-corrected chi connectivity index (χ0v) is 11.2. The summed E-state index contributed by atoms with van der Waals surface area (Å²) in [5.41, 5.74) is 0.658. The minimum atomic E-state index is -1.00. The number of rotatable bonds is 4. The predicted octanol–water partition coefficient (Wildman–Crippen LogP) is 3.34. The summed E-state index contributed by atoms with van der Waals surface area (Å²) >= 11 is 6.81. The summed E-state index contributed by atoms with van der Waals surface area (Å²) in [7, 11) is 0. The van der Waals surface area contributed by atoms with E-state index in [1.165, 1.54) is 23.5 Å². The third-order valence-electron chi connectivity index (χ3n) is 2.32. The molecule has 100 valence electrons. The Morgan fingerprint density at radius 3 is 2.89 bits per heavy atom. The number of hydrogen-bond acceptors (Lipinski definition) is 3. The highest BCUT2D eigenvalue weighted by molar-refractivity contribution is 7.13. The highest BCUT2D eigenvalue weighted by Crippen LogP contribution is 2.18. The molecule has 1 amide bonds. The second-order valence-electron chi connectivity index (χ2n) is 3.72. The van der Waals surface area contributed by atoms with Crippen LogP contribution in [0.2, 0.25) is 0 Å². The van der Waals surface area contributed by atoms with Gasteiger partial charge in [0, 0.05) is 10.9 Å². The molecular weight excluding hydrogens is 294 g/mol. The van der Waals surface area contributed by atoms with Gasteiger partial charge in [0.2, 0.25) is 5.91 Å². The molecule has 0 fully saturated rings. The normalized spacial score (nSPS) is 10.5. The molecule has 0 saturated carbocycles. The van der Waals surface area contributed by atoms with Crippen LogP contribution in [0.4, 0.5) is 13.9 Å². The Balaban J connectivity index is 2.03. The standard InChI is InChI=1S/C12H9ClF2N2OS/c13-5-8-6-19-12(16-8)17-10(18)4-7-2-1-3-9(14)11(7)15/h1-3,6H,4-5H2,(H,16,17,18). The third-order valence-corrected chi connectivity index (χ3v) is 3.40. The van der Waals surface area contributed by atoms with E-state index >= 15 is 0 Å². The number of nitrogens with one attached hydrogen (secondary N) is 1. The number of aromatic nitrogens is 1. The Labute approximate surface area is 117 Å². The summed E-state index contributed by atoms with van der Waals surface area (Å²) in [6.45, 7) is 0. The molecule has 0 aliphatic heterocycles. The molecule has 0 bridgehead atoms. The molecule has 1 aromatic carbocycles. The summed E-state index contributed by atoms with van der Waals surface area (Å²) in [6, 6.07) is 3.73. The molecule has 2 rings (SSSR count). The largest absolute Gasteiger partial charge is 0.302 e. The van der Waals surface area contributed by atoms with Crippen molar-refractivity contribution < 1.29 is 13.6 Å². The Hall–Kier alpha value is -1.53. The van der Waals surface area contributed by atoms with Crippen molar-refractivity contribution in [2.24, 2.45) is 0 Å². The van der Waals surface area contributed by atoms with Crippen LogP contribution in [0.5, 0.6) is 0 Å².